The summed E-state index contributed by atoms with van der Waals surface area (Å²) in [6.07, 6.45) is 3.03. The van der Waals surface area contributed by atoms with Crippen molar-refractivity contribution >= 4 is 11.8 Å². The smallest absolute Gasteiger partial charge is 0.255 e. The zero-order valence-electron chi connectivity index (χ0n) is 18.2. The number of carbonyl (C=O) groups excluding carboxylic acids is 2. The van der Waals surface area contributed by atoms with Gasteiger partial charge in [-0.25, -0.2) is 0 Å². The monoisotopic (exact) mass is 408 g/mol. The standard InChI is InChI=1S/C25H32N2O3/c1-4-5-16-30-20-12-10-19(11-13-20)17-27-23(24(28)26-15-14-18(2)3)21-8-6-7-9-22(21)25(27)29/h6-13,18,23H,4-5,14-17H2,1-3H3,(H,26,28)/t23-/m1/s1. The molecule has 2 amide bonds. The minimum Gasteiger partial charge on any atom is -0.494 e. The summed E-state index contributed by atoms with van der Waals surface area (Å²) in [6.45, 7) is 8.08. The number of carbonyl (C=O) groups is 2. The Kier molecular flexibility index (Phi) is 7.50. The maximum absolute atomic E-state index is 13.1. The first-order valence-electron chi connectivity index (χ1n) is 10.9. The molecule has 0 radical (unpaired) electrons. The van der Waals surface area contributed by atoms with E-state index in [0.29, 0.717) is 31.2 Å². The van der Waals surface area contributed by atoms with Crippen LogP contribution >= 0.6 is 0 Å². The number of hydrogen-bond donors (Lipinski definition) is 1. The SMILES string of the molecule is CCCCOc1ccc(CN2C(=O)c3ccccc3[C@@H]2C(=O)NCCC(C)C)cc1. The topological polar surface area (TPSA) is 58.6 Å². The van der Waals surface area contributed by atoms with Crippen molar-refractivity contribution in [3.63, 3.8) is 0 Å². The third kappa shape index (κ3) is 5.21. The summed E-state index contributed by atoms with van der Waals surface area (Å²) >= 11 is 0. The largest absolute Gasteiger partial charge is 0.494 e. The molecule has 1 atom stereocenters. The van der Waals surface area contributed by atoms with E-state index in [2.05, 4.69) is 26.1 Å². The van der Waals surface area contributed by atoms with Gasteiger partial charge < -0.3 is 15.0 Å². The van der Waals surface area contributed by atoms with Crippen LogP contribution in [0, 0.1) is 5.92 Å². The van der Waals surface area contributed by atoms with Gasteiger partial charge in [0, 0.05) is 18.7 Å². The molecule has 160 valence electrons. The molecule has 2 aromatic rings. The second-order valence-electron chi connectivity index (χ2n) is 8.24. The molecule has 5 heteroatoms. The fraction of sp³-hybridized carbons (Fsp3) is 0.440. The number of unbranched alkanes of at least 4 members (excludes halogenated alkanes) is 1. The van der Waals surface area contributed by atoms with Gasteiger partial charge in [0.1, 0.15) is 11.8 Å². The van der Waals surface area contributed by atoms with Crippen molar-refractivity contribution in [1.29, 1.82) is 0 Å². The van der Waals surface area contributed by atoms with E-state index in [1.165, 1.54) is 0 Å². The Morgan fingerprint density at radius 1 is 1.13 bits per heavy atom. The number of fused-ring (bicyclic) bond motifs is 1. The van der Waals surface area contributed by atoms with Crippen molar-refractivity contribution in [1.82, 2.24) is 10.2 Å². The first kappa shape index (κ1) is 21.9. The maximum atomic E-state index is 13.1. The van der Waals surface area contributed by atoms with Gasteiger partial charge in [-0.05, 0) is 48.1 Å². The van der Waals surface area contributed by atoms with Gasteiger partial charge in [0.25, 0.3) is 5.91 Å². The van der Waals surface area contributed by atoms with Crippen molar-refractivity contribution in [2.24, 2.45) is 5.92 Å². The number of amides is 2. The van der Waals surface area contributed by atoms with Gasteiger partial charge in [-0.1, -0.05) is 57.5 Å². The molecule has 3 rings (SSSR count). The van der Waals surface area contributed by atoms with Crippen LogP contribution in [0.1, 0.15) is 67.6 Å². The minimum atomic E-state index is -0.596. The Morgan fingerprint density at radius 2 is 1.87 bits per heavy atom. The van der Waals surface area contributed by atoms with E-state index in [-0.39, 0.29) is 11.8 Å². The third-order valence-corrected chi connectivity index (χ3v) is 5.37. The van der Waals surface area contributed by atoms with E-state index in [9.17, 15) is 9.59 Å². The Bertz CT molecular complexity index is 861. The lowest BCUT2D eigenvalue weighted by Crippen LogP contribution is -2.39. The molecule has 1 aliphatic rings. The van der Waals surface area contributed by atoms with E-state index in [0.717, 1.165) is 36.1 Å². The van der Waals surface area contributed by atoms with Crippen LogP contribution in [-0.2, 0) is 11.3 Å². The van der Waals surface area contributed by atoms with E-state index < -0.39 is 6.04 Å². The summed E-state index contributed by atoms with van der Waals surface area (Å²) in [5, 5.41) is 3.02. The van der Waals surface area contributed by atoms with Crippen molar-refractivity contribution in [2.45, 2.75) is 52.6 Å². The molecule has 30 heavy (non-hydrogen) atoms. The average Bonchev–Trinajstić information content (AvgIpc) is 3.01. The second-order valence-corrected chi connectivity index (χ2v) is 8.24. The van der Waals surface area contributed by atoms with E-state index in [1.807, 2.05) is 42.5 Å². The molecule has 5 nitrogen and oxygen atoms in total. The molecular weight excluding hydrogens is 376 g/mol. The molecule has 0 aromatic heterocycles. The van der Waals surface area contributed by atoms with E-state index >= 15 is 0 Å². The first-order chi connectivity index (χ1) is 14.5. The average molecular weight is 409 g/mol. The minimum absolute atomic E-state index is 0.0992. The van der Waals surface area contributed by atoms with Crippen LogP contribution in [0.5, 0.6) is 5.75 Å². The van der Waals surface area contributed by atoms with Crippen molar-refractivity contribution in [3.8, 4) is 5.75 Å². The lowest BCUT2D eigenvalue weighted by Gasteiger charge is -2.25. The van der Waals surface area contributed by atoms with Gasteiger partial charge in [0.2, 0.25) is 5.91 Å². The summed E-state index contributed by atoms with van der Waals surface area (Å²) in [7, 11) is 0. The van der Waals surface area contributed by atoms with Crippen LogP contribution in [0.15, 0.2) is 48.5 Å². The first-order valence-corrected chi connectivity index (χ1v) is 10.9. The van der Waals surface area contributed by atoms with Gasteiger partial charge in [0.05, 0.1) is 6.61 Å². The van der Waals surface area contributed by atoms with Crippen LogP contribution in [-0.4, -0.2) is 29.9 Å². The fourth-order valence-corrected chi connectivity index (χ4v) is 3.62. The summed E-state index contributed by atoms with van der Waals surface area (Å²) in [5.41, 5.74) is 2.36. The Balaban J connectivity index is 1.74. The lowest BCUT2D eigenvalue weighted by molar-refractivity contribution is -0.125. The van der Waals surface area contributed by atoms with Crippen molar-refractivity contribution in [2.75, 3.05) is 13.2 Å². The molecule has 1 aliphatic heterocycles. The van der Waals surface area contributed by atoms with Gasteiger partial charge in [0.15, 0.2) is 0 Å². The molecule has 0 aliphatic carbocycles. The molecule has 0 bridgehead atoms. The van der Waals surface area contributed by atoms with Crippen LogP contribution < -0.4 is 10.1 Å². The van der Waals surface area contributed by atoms with Gasteiger partial charge in [-0.2, -0.15) is 0 Å². The van der Waals surface area contributed by atoms with E-state index in [4.69, 9.17) is 4.74 Å². The Labute approximate surface area is 179 Å². The zero-order valence-corrected chi connectivity index (χ0v) is 18.2. The highest BCUT2D eigenvalue weighted by molar-refractivity contribution is 6.04. The zero-order chi connectivity index (χ0) is 21.5. The summed E-state index contributed by atoms with van der Waals surface area (Å²) < 4.78 is 5.72. The van der Waals surface area contributed by atoms with Crippen LogP contribution in [0.4, 0.5) is 0 Å². The summed E-state index contributed by atoms with van der Waals surface area (Å²) in [4.78, 5) is 27.7. The molecule has 0 unspecified atom stereocenters. The Morgan fingerprint density at radius 3 is 2.57 bits per heavy atom. The van der Waals surface area contributed by atoms with Crippen LogP contribution in [0.2, 0.25) is 0 Å². The van der Waals surface area contributed by atoms with E-state index in [1.54, 1.807) is 11.0 Å². The molecule has 2 aromatic carbocycles. The van der Waals surface area contributed by atoms with Crippen molar-refractivity contribution in [3.05, 3.63) is 65.2 Å². The van der Waals surface area contributed by atoms with Gasteiger partial charge >= 0.3 is 0 Å². The number of rotatable bonds is 10. The highest BCUT2D eigenvalue weighted by atomic mass is 16.5. The number of nitrogens with zero attached hydrogens (tertiary/aromatic N) is 1. The highest BCUT2D eigenvalue weighted by Crippen LogP contribution is 2.35. The highest BCUT2D eigenvalue weighted by Gasteiger charge is 2.40. The van der Waals surface area contributed by atoms with Crippen LogP contribution in [0.25, 0.3) is 0 Å². The van der Waals surface area contributed by atoms with Crippen LogP contribution in [0.3, 0.4) is 0 Å². The summed E-state index contributed by atoms with van der Waals surface area (Å²) in [5.74, 6) is 1.12. The number of hydrogen-bond acceptors (Lipinski definition) is 3. The number of ether oxygens (including phenoxy) is 1. The Hall–Kier alpha value is -2.82. The predicted octanol–water partition coefficient (Wildman–Crippen LogP) is 4.72. The predicted molar refractivity (Wildman–Crippen MR) is 118 cm³/mol. The molecule has 0 fully saturated rings. The molecule has 0 saturated carbocycles. The van der Waals surface area contributed by atoms with Gasteiger partial charge in [-0.3, -0.25) is 9.59 Å². The number of nitrogens with one attached hydrogen (secondary N) is 1. The van der Waals surface area contributed by atoms with Crippen molar-refractivity contribution < 1.29 is 14.3 Å². The maximum Gasteiger partial charge on any atom is 0.255 e. The lowest BCUT2D eigenvalue weighted by atomic mass is 10.0. The molecule has 0 saturated heterocycles. The molecular formula is C25H32N2O3. The molecule has 1 N–H and O–H groups in total. The number of benzene rings is 2. The third-order valence-electron chi connectivity index (χ3n) is 5.37. The fourth-order valence-electron chi connectivity index (χ4n) is 3.62. The van der Waals surface area contributed by atoms with Gasteiger partial charge in [-0.15, -0.1) is 0 Å². The normalized spacial score (nSPS) is 15.4. The quantitative estimate of drug-likeness (QED) is 0.579. The molecule has 1 heterocycles. The summed E-state index contributed by atoms with van der Waals surface area (Å²) in [6, 6.07) is 14.6. The second kappa shape index (κ2) is 10.3. The molecule has 0 spiro atoms.